The SMILES string of the molecule is COc1ccc2ccccc2c1/C=N\N1CC[NH+](C)CC1. The number of rotatable bonds is 3. The van der Waals surface area contributed by atoms with Gasteiger partial charge in [-0.15, -0.1) is 0 Å². The Hall–Kier alpha value is -2.07. The van der Waals surface area contributed by atoms with Crippen LogP contribution in [0.1, 0.15) is 5.56 Å². The number of quaternary nitrogens is 1. The number of nitrogens with zero attached hydrogens (tertiary/aromatic N) is 2. The Morgan fingerprint density at radius 2 is 1.90 bits per heavy atom. The lowest BCUT2D eigenvalue weighted by molar-refractivity contribution is -0.884. The maximum absolute atomic E-state index is 5.50. The molecule has 4 heteroatoms. The summed E-state index contributed by atoms with van der Waals surface area (Å²) >= 11 is 0. The molecule has 0 saturated carbocycles. The number of hydrogen-bond donors (Lipinski definition) is 1. The molecule has 21 heavy (non-hydrogen) atoms. The van der Waals surface area contributed by atoms with E-state index in [1.54, 1.807) is 12.0 Å². The van der Waals surface area contributed by atoms with Gasteiger partial charge in [0.05, 0.1) is 46.6 Å². The van der Waals surface area contributed by atoms with Crippen molar-refractivity contribution < 1.29 is 9.64 Å². The van der Waals surface area contributed by atoms with Crippen molar-refractivity contribution >= 4 is 17.0 Å². The van der Waals surface area contributed by atoms with Gasteiger partial charge in [0.25, 0.3) is 0 Å². The van der Waals surface area contributed by atoms with E-state index in [1.165, 1.54) is 10.8 Å². The molecule has 1 fully saturated rings. The second kappa shape index (κ2) is 6.14. The van der Waals surface area contributed by atoms with Gasteiger partial charge in [0.15, 0.2) is 0 Å². The summed E-state index contributed by atoms with van der Waals surface area (Å²) in [4.78, 5) is 1.57. The number of benzene rings is 2. The Morgan fingerprint density at radius 1 is 1.14 bits per heavy atom. The van der Waals surface area contributed by atoms with E-state index in [9.17, 15) is 0 Å². The Morgan fingerprint density at radius 3 is 2.67 bits per heavy atom. The molecular weight excluding hydrogens is 262 g/mol. The van der Waals surface area contributed by atoms with Gasteiger partial charge in [-0.2, -0.15) is 5.10 Å². The van der Waals surface area contributed by atoms with Gasteiger partial charge in [-0.3, -0.25) is 5.01 Å². The van der Waals surface area contributed by atoms with Crippen LogP contribution in [0.3, 0.4) is 0 Å². The highest BCUT2D eigenvalue weighted by Crippen LogP contribution is 2.26. The van der Waals surface area contributed by atoms with Gasteiger partial charge in [0.1, 0.15) is 5.75 Å². The molecule has 2 aromatic carbocycles. The summed E-state index contributed by atoms with van der Waals surface area (Å²) in [5.74, 6) is 0.872. The number of methoxy groups -OCH3 is 1. The largest absolute Gasteiger partial charge is 0.496 e. The highest BCUT2D eigenvalue weighted by atomic mass is 16.5. The minimum Gasteiger partial charge on any atom is -0.496 e. The number of fused-ring (bicyclic) bond motifs is 1. The van der Waals surface area contributed by atoms with Crippen molar-refractivity contribution in [2.75, 3.05) is 40.3 Å². The number of hydrazone groups is 1. The van der Waals surface area contributed by atoms with E-state index in [1.807, 2.05) is 12.3 Å². The number of nitrogens with one attached hydrogen (secondary N) is 1. The van der Waals surface area contributed by atoms with Crippen LogP contribution in [-0.4, -0.2) is 51.6 Å². The smallest absolute Gasteiger partial charge is 0.128 e. The van der Waals surface area contributed by atoms with E-state index in [0.29, 0.717) is 0 Å². The molecule has 4 nitrogen and oxygen atoms in total. The normalized spacial score (nSPS) is 16.8. The van der Waals surface area contributed by atoms with Gasteiger partial charge in [0.2, 0.25) is 0 Å². The van der Waals surface area contributed by atoms with Gasteiger partial charge in [-0.1, -0.05) is 30.3 Å². The van der Waals surface area contributed by atoms with Crippen LogP contribution in [0.15, 0.2) is 41.5 Å². The number of hydrogen-bond acceptors (Lipinski definition) is 3. The summed E-state index contributed by atoms with van der Waals surface area (Å²) in [6, 6.07) is 12.4. The molecular formula is C17H22N3O+. The van der Waals surface area contributed by atoms with Crippen molar-refractivity contribution in [3.8, 4) is 5.75 Å². The van der Waals surface area contributed by atoms with Gasteiger partial charge in [0, 0.05) is 5.56 Å². The van der Waals surface area contributed by atoms with Crippen LogP contribution in [0.2, 0.25) is 0 Å². The monoisotopic (exact) mass is 284 g/mol. The van der Waals surface area contributed by atoms with Gasteiger partial charge < -0.3 is 9.64 Å². The Kier molecular flexibility index (Phi) is 4.06. The highest BCUT2D eigenvalue weighted by Gasteiger charge is 2.14. The fourth-order valence-electron chi connectivity index (χ4n) is 2.72. The fourth-order valence-corrected chi connectivity index (χ4v) is 2.72. The van der Waals surface area contributed by atoms with Crippen LogP contribution in [0.4, 0.5) is 0 Å². The highest BCUT2D eigenvalue weighted by molar-refractivity contribution is 6.02. The first-order valence-electron chi connectivity index (χ1n) is 7.44. The zero-order valence-electron chi connectivity index (χ0n) is 12.7. The molecule has 0 unspecified atom stereocenters. The quantitative estimate of drug-likeness (QED) is 0.853. The van der Waals surface area contributed by atoms with Gasteiger partial charge in [-0.05, 0) is 16.8 Å². The van der Waals surface area contributed by atoms with Crippen LogP contribution in [0.25, 0.3) is 10.8 Å². The molecule has 1 aliphatic heterocycles. The first-order chi connectivity index (χ1) is 10.3. The third-order valence-electron chi connectivity index (χ3n) is 4.09. The minimum atomic E-state index is 0.872. The Bertz CT molecular complexity index is 646. The average Bonchev–Trinajstić information content (AvgIpc) is 2.54. The molecule has 0 spiro atoms. The molecule has 2 aromatic rings. The van der Waals surface area contributed by atoms with E-state index >= 15 is 0 Å². The van der Waals surface area contributed by atoms with E-state index < -0.39 is 0 Å². The molecule has 0 aromatic heterocycles. The third kappa shape index (κ3) is 3.00. The van der Waals surface area contributed by atoms with E-state index in [0.717, 1.165) is 37.5 Å². The number of likely N-dealkylation sites (N-methyl/N-ethyl adjacent to an activating group) is 1. The first-order valence-corrected chi connectivity index (χ1v) is 7.44. The first kappa shape index (κ1) is 13.9. The van der Waals surface area contributed by atoms with Crippen molar-refractivity contribution in [2.45, 2.75) is 0 Å². The second-order valence-corrected chi connectivity index (χ2v) is 5.56. The molecule has 110 valence electrons. The zero-order chi connectivity index (χ0) is 14.7. The molecule has 3 rings (SSSR count). The summed E-state index contributed by atoms with van der Waals surface area (Å²) < 4.78 is 5.50. The molecule has 0 amide bonds. The second-order valence-electron chi connectivity index (χ2n) is 5.56. The van der Waals surface area contributed by atoms with Crippen LogP contribution in [0.5, 0.6) is 5.75 Å². The Labute approximate surface area is 125 Å². The zero-order valence-corrected chi connectivity index (χ0v) is 12.7. The van der Waals surface area contributed by atoms with Crippen molar-refractivity contribution in [3.63, 3.8) is 0 Å². The molecule has 0 bridgehead atoms. The summed E-state index contributed by atoms with van der Waals surface area (Å²) in [5, 5.41) is 9.20. The molecule has 0 aliphatic carbocycles. The molecule has 1 heterocycles. The van der Waals surface area contributed by atoms with Gasteiger partial charge >= 0.3 is 0 Å². The van der Waals surface area contributed by atoms with Crippen LogP contribution in [0, 0.1) is 0 Å². The molecule has 0 atom stereocenters. The predicted molar refractivity (Wildman–Crippen MR) is 86.3 cm³/mol. The topological polar surface area (TPSA) is 29.3 Å². The third-order valence-corrected chi connectivity index (χ3v) is 4.09. The van der Waals surface area contributed by atoms with Crippen LogP contribution < -0.4 is 9.64 Å². The lowest BCUT2D eigenvalue weighted by Gasteiger charge is -2.27. The maximum Gasteiger partial charge on any atom is 0.128 e. The van der Waals surface area contributed by atoms with Crippen LogP contribution in [-0.2, 0) is 0 Å². The molecule has 1 saturated heterocycles. The summed E-state index contributed by atoms with van der Waals surface area (Å²) in [7, 11) is 3.94. The fraction of sp³-hybridized carbons (Fsp3) is 0.353. The Balaban J connectivity index is 1.91. The van der Waals surface area contributed by atoms with E-state index in [4.69, 9.17) is 4.74 Å². The van der Waals surface area contributed by atoms with Crippen molar-refractivity contribution in [1.29, 1.82) is 0 Å². The number of piperazine rings is 1. The molecule has 0 radical (unpaired) electrons. The molecule has 1 N–H and O–H groups in total. The number of ether oxygens (including phenoxy) is 1. The van der Waals surface area contributed by atoms with E-state index in [-0.39, 0.29) is 0 Å². The summed E-state index contributed by atoms with van der Waals surface area (Å²) in [5.41, 5.74) is 1.06. The minimum absolute atomic E-state index is 0.872. The summed E-state index contributed by atoms with van der Waals surface area (Å²) in [6.45, 7) is 4.30. The van der Waals surface area contributed by atoms with Crippen molar-refractivity contribution in [2.24, 2.45) is 5.10 Å². The van der Waals surface area contributed by atoms with Gasteiger partial charge in [-0.25, -0.2) is 0 Å². The lowest BCUT2D eigenvalue weighted by atomic mass is 10.0. The van der Waals surface area contributed by atoms with Crippen molar-refractivity contribution in [3.05, 3.63) is 42.0 Å². The standard InChI is InChI=1S/C17H21N3O/c1-19-9-11-20(12-10-19)18-13-16-15-6-4-3-5-14(15)7-8-17(16)21-2/h3-8,13H,9-12H2,1-2H3/p+1/b18-13-. The maximum atomic E-state index is 5.50. The lowest BCUT2D eigenvalue weighted by Crippen LogP contribution is -3.11. The molecule has 1 aliphatic rings. The average molecular weight is 284 g/mol. The van der Waals surface area contributed by atoms with Crippen LogP contribution >= 0.6 is 0 Å². The van der Waals surface area contributed by atoms with E-state index in [2.05, 4.69) is 47.5 Å². The predicted octanol–water partition coefficient (Wildman–Crippen LogP) is 1.01. The summed E-state index contributed by atoms with van der Waals surface area (Å²) in [6.07, 6.45) is 1.95. The van der Waals surface area contributed by atoms with Crippen molar-refractivity contribution in [1.82, 2.24) is 5.01 Å².